The fourth-order valence-electron chi connectivity index (χ4n) is 3.02. The van der Waals surface area contributed by atoms with Gasteiger partial charge in [-0.15, -0.1) is 0 Å². The molecule has 2 heterocycles. The zero-order valence-electron chi connectivity index (χ0n) is 9.82. The lowest BCUT2D eigenvalue weighted by Gasteiger charge is -2.40. The molecule has 0 aromatic rings. The monoisotopic (exact) mass is 227 g/mol. The van der Waals surface area contributed by atoms with Crippen LogP contribution in [0, 0.1) is 0 Å². The Labute approximate surface area is 96.8 Å². The molecule has 0 aromatic heterocycles. The van der Waals surface area contributed by atoms with E-state index < -0.39 is 0 Å². The van der Waals surface area contributed by atoms with Gasteiger partial charge in [-0.25, -0.2) is 0 Å². The largest absolute Gasteiger partial charge is 0.348 e. The molecule has 2 saturated heterocycles. The van der Waals surface area contributed by atoms with Crippen molar-refractivity contribution in [1.82, 2.24) is 5.06 Å². The molecule has 92 valence electrons. The van der Waals surface area contributed by atoms with Crippen LogP contribution < -0.4 is 0 Å². The summed E-state index contributed by atoms with van der Waals surface area (Å²) in [7, 11) is 0. The minimum absolute atomic E-state index is 0.230. The molecule has 4 heteroatoms. The third kappa shape index (κ3) is 2.12. The molecule has 1 saturated carbocycles. The highest BCUT2D eigenvalue weighted by Gasteiger charge is 2.41. The lowest BCUT2D eigenvalue weighted by molar-refractivity contribution is -0.237. The van der Waals surface area contributed by atoms with Crippen molar-refractivity contribution in [1.29, 1.82) is 0 Å². The summed E-state index contributed by atoms with van der Waals surface area (Å²) in [5.41, 5.74) is 0. The molecule has 3 rings (SSSR count). The van der Waals surface area contributed by atoms with Crippen LogP contribution in [0.3, 0.4) is 0 Å². The highest BCUT2D eigenvalue weighted by atomic mass is 16.7. The Morgan fingerprint density at radius 1 is 0.938 bits per heavy atom. The van der Waals surface area contributed by atoms with E-state index in [4.69, 9.17) is 14.3 Å². The Morgan fingerprint density at radius 2 is 1.69 bits per heavy atom. The van der Waals surface area contributed by atoms with E-state index >= 15 is 0 Å². The average Bonchev–Trinajstić information content (AvgIpc) is 2.80. The predicted molar refractivity (Wildman–Crippen MR) is 58.8 cm³/mol. The van der Waals surface area contributed by atoms with Crippen molar-refractivity contribution in [2.45, 2.75) is 50.4 Å². The lowest BCUT2D eigenvalue weighted by atomic mass is 9.89. The summed E-state index contributed by atoms with van der Waals surface area (Å²) in [5, 5.41) is 2.20. The quantitative estimate of drug-likeness (QED) is 0.682. The molecule has 0 atom stereocenters. The second-order valence-corrected chi connectivity index (χ2v) is 5.02. The Hall–Kier alpha value is -0.160. The number of nitrogens with zero attached hydrogens (tertiary/aromatic N) is 1. The molecule has 0 unspecified atom stereocenters. The van der Waals surface area contributed by atoms with Crippen LogP contribution in [-0.4, -0.2) is 43.3 Å². The molecule has 1 spiro atoms. The summed E-state index contributed by atoms with van der Waals surface area (Å²) >= 11 is 0. The van der Waals surface area contributed by atoms with Crippen LogP contribution in [0.4, 0.5) is 0 Å². The van der Waals surface area contributed by atoms with Gasteiger partial charge in [-0.2, -0.15) is 5.06 Å². The first kappa shape index (κ1) is 11.0. The van der Waals surface area contributed by atoms with Gasteiger partial charge in [-0.3, -0.25) is 4.84 Å². The van der Waals surface area contributed by atoms with E-state index in [0.29, 0.717) is 6.04 Å². The van der Waals surface area contributed by atoms with E-state index in [0.717, 1.165) is 52.0 Å². The second-order valence-electron chi connectivity index (χ2n) is 5.02. The van der Waals surface area contributed by atoms with Gasteiger partial charge in [-0.1, -0.05) is 0 Å². The fraction of sp³-hybridized carbons (Fsp3) is 1.00. The van der Waals surface area contributed by atoms with Gasteiger partial charge in [0.15, 0.2) is 5.79 Å². The van der Waals surface area contributed by atoms with E-state index in [1.165, 1.54) is 12.8 Å². The maximum atomic E-state index is 5.74. The third-order valence-corrected chi connectivity index (χ3v) is 3.97. The van der Waals surface area contributed by atoms with Gasteiger partial charge in [0.25, 0.3) is 0 Å². The van der Waals surface area contributed by atoms with E-state index in [1.54, 1.807) is 0 Å². The molecular formula is C12H21NO3. The molecule has 0 radical (unpaired) electrons. The maximum Gasteiger partial charge on any atom is 0.168 e. The van der Waals surface area contributed by atoms with Crippen molar-refractivity contribution in [3.05, 3.63) is 0 Å². The van der Waals surface area contributed by atoms with Crippen LogP contribution in [0.1, 0.15) is 38.5 Å². The standard InChI is InChI=1S/C12H21NO3/c1-2-8-16-13(7-1)11-3-5-12(6-4-11)14-9-10-15-12/h11H,1-10H2. The van der Waals surface area contributed by atoms with Crippen LogP contribution in [-0.2, 0) is 14.3 Å². The van der Waals surface area contributed by atoms with Gasteiger partial charge in [-0.05, 0) is 25.7 Å². The summed E-state index contributed by atoms with van der Waals surface area (Å²) in [6.45, 7) is 3.53. The third-order valence-electron chi connectivity index (χ3n) is 3.97. The predicted octanol–water partition coefficient (Wildman–Crippen LogP) is 1.70. The van der Waals surface area contributed by atoms with Gasteiger partial charge < -0.3 is 9.47 Å². The number of hydrogen-bond donors (Lipinski definition) is 0. The summed E-state index contributed by atoms with van der Waals surface area (Å²) < 4.78 is 11.5. The molecule has 3 aliphatic rings. The van der Waals surface area contributed by atoms with Gasteiger partial charge in [0, 0.05) is 25.4 Å². The number of hydroxylamine groups is 2. The number of ether oxygens (including phenoxy) is 2. The topological polar surface area (TPSA) is 30.9 Å². The lowest BCUT2D eigenvalue weighted by Crippen LogP contribution is -2.45. The van der Waals surface area contributed by atoms with Gasteiger partial charge in [0.05, 0.1) is 19.8 Å². The Bertz CT molecular complexity index is 224. The van der Waals surface area contributed by atoms with Gasteiger partial charge in [0.2, 0.25) is 0 Å². The summed E-state index contributed by atoms with van der Waals surface area (Å²) in [5.74, 6) is -0.230. The van der Waals surface area contributed by atoms with E-state index in [-0.39, 0.29) is 5.79 Å². The molecule has 4 nitrogen and oxygen atoms in total. The summed E-state index contributed by atoms with van der Waals surface area (Å²) in [6.07, 6.45) is 6.81. The van der Waals surface area contributed by atoms with Crippen molar-refractivity contribution in [2.24, 2.45) is 0 Å². The van der Waals surface area contributed by atoms with Crippen LogP contribution >= 0.6 is 0 Å². The van der Waals surface area contributed by atoms with E-state index in [9.17, 15) is 0 Å². The van der Waals surface area contributed by atoms with Crippen molar-refractivity contribution >= 4 is 0 Å². The van der Waals surface area contributed by atoms with Gasteiger partial charge in [0.1, 0.15) is 0 Å². The minimum Gasteiger partial charge on any atom is -0.348 e. The Morgan fingerprint density at radius 3 is 2.31 bits per heavy atom. The SMILES string of the molecule is C1CCN(C2CCC3(CC2)OCCO3)OC1. The molecule has 0 amide bonds. The zero-order chi connectivity index (χ0) is 10.8. The maximum absolute atomic E-state index is 5.74. The first-order valence-corrected chi connectivity index (χ1v) is 6.55. The molecule has 0 N–H and O–H groups in total. The van der Waals surface area contributed by atoms with Crippen LogP contribution in [0.2, 0.25) is 0 Å². The van der Waals surface area contributed by atoms with Crippen LogP contribution in [0.15, 0.2) is 0 Å². The Balaban J connectivity index is 1.53. The molecule has 1 aliphatic carbocycles. The average molecular weight is 227 g/mol. The molecule has 0 aromatic carbocycles. The summed E-state index contributed by atoms with van der Waals surface area (Å²) in [6, 6.07) is 0.582. The highest BCUT2D eigenvalue weighted by molar-refractivity contribution is 4.85. The molecule has 2 aliphatic heterocycles. The van der Waals surface area contributed by atoms with Crippen LogP contribution in [0.25, 0.3) is 0 Å². The van der Waals surface area contributed by atoms with Gasteiger partial charge >= 0.3 is 0 Å². The van der Waals surface area contributed by atoms with Crippen molar-refractivity contribution in [2.75, 3.05) is 26.4 Å². The molecule has 0 bridgehead atoms. The number of hydrogen-bond acceptors (Lipinski definition) is 4. The molecular weight excluding hydrogens is 206 g/mol. The fourth-order valence-corrected chi connectivity index (χ4v) is 3.02. The normalized spacial score (nSPS) is 32.2. The van der Waals surface area contributed by atoms with Crippen molar-refractivity contribution < 1.29 is 14.3 Å². The molecule has 16 heavy (non-hydrogen) atoms. The summed E-state index contributed by atoms with van der Waals surface area (Å²) in [4.78, 5) is 5.72. The highest BCUT2D eigenvalue weighted by Crippen LogP contribution is 2.37. The first-order chi connectivity index (χ1) is 7.88. The zero-order valence-corrected chi connectivity index (χ0v) is 9.82. The Kier molecular flexibility index (Phi) is 3.16. The van der Waals surface area contributed by atoms with Crippen molar-refractivity contribution in [3.8, 4) is 0 Å². The first-order valence-electron chi connectivity index (χ1n) is 6.55. The minimum atomic E-state index is -0.230. The van der Waals surface area contributed by atoms with E-state index in [2.05, 4.69) is 5.06 Å². The molecule has 3 fully saturated rings. The van der Waals surface area contributed by atoms with Crippen LogP contribution in [0.5, 0.6) is 0 Å². The number of rotatable bonds is 1. The van der Waals surface area contributed by atoms with E-state index in [1.807, 2.05) is 0 Å². The van der Waals surface area contributed by atoms with Crippen molar-refractivity contribution in [3.63, 3.8) is 0 Å². The smallest absolute Gasteiger partial charge is 0.168 e. The second kappa shape index (κ2) is 4.61.